The summed E-state index contributed by atoms with van der Waals surface area (Å²) in [5.74, 6) is -0.624. The Bertz CT molecular complexity index is 572. The zero-order valence-electron chi connectivity index (χ0n) is 10.2. The molecule has 0 saturated heterocycles. The van der Waals surface area contributed by atoms with E-state index >= 15 is 0 Å². The Kier molecular flexibility index (Phi) is 4.51. The van der Waals surface area contributed by atoms with E-state index in [9.17, 15) is 8.78 Å². The van der Waals surface area contributed by atoms with Gasteiger partial charge >= 0.3 is 0 Å². The van der Waals surface area contributed by atoms with Crippen LogP contribution in [0.15, 0.2) is 42.5 Å². The van der Waals surface area contributed by atoms with E-state index in [2.05, 4.69) is 0 Å². The lowest BCUT2D eigenvalue weighted by Crippen LogP contribution is -2.26. The third-order valence-corrected chi connectivity index (χ3v) is 3.30. The molecule has 0 saturated carbocycles. The number of rotatable bonds is 4. The molecule has 2 aromatic rings. The molecule has 2 N–H and O–H groups in total. The van der Waals surface area contributed by atoms with E-state index in [1.807, 2.05) is 0 Å². The first-order chi connectivity index (χ1) is 9.06. The fourth-order valence-electron chi connectivity index (χ4n) is 2.00. The molecule has 2 aromatic carbocycles. The molecule has 0 bridgehead atoms. The van der Waals surface area contributed by atoms with Gasteiger partial charge in [0.25, 0.3) is 0 Å². The first-order valence-electron chi connectivity index (χ1n) is 5.99. The van der Waals surface area contributed by atoms with E-state index in [1.54, 1.807) is 18.2 Å². The lowest BCUT2D eigenvalue weighted by Gasteiger charge is -2.13. The van der Waals surface area contributed by atoms with Crippen LogP contribution in [0.25, 0.3) is 0 Å². The zero-order valence-corrected chi connectivity index (χ0v) is 11.0. The monoisotopic (exact) mass is 281 g/mol. The van der Waals surface area contributed by atoms with E-state index in [-0.39, 0.29) is 17.7 Å². The minimum atomic E-state index is -0.350. The smallest absolute Gasteiger partial charge is 0.126 e. The summed E-state index contributed by atoms with van der Waals surface area (Å²) in [6.45, 7) is 0. The Hall–Kier alpha value is -1.45. The average molecular weight is 282 g/mol. The molecule has 19 heavy (non-hydrogen) atoms. The molecule has 4 heteroatoms. The van der Waals surface area contributed by atoms with Gasteiger partial charge in [-0.05, 0) is 48.2 Å². The van der Waals surface area contributed by atoms with E-state index < -0.39 is 0 Å². The largest absolute Gasteiger partial charge is 0.327 e. The number of halogens is 3. The molecule has 0 spiro atoms. The van der Waals surface area contributed by atoms with Crippen molar-refractivity contribution in [1.82, 2.24) is 0 Å². The summed E-state index contributed by atoms with van der Waals surface area (Å²) in [4.78, 5) is 0. The molecule has 0 amide bonds. The van der Waals surface area contributed by atoms with Gasteiger partial charge in [-0.2, -0.15) is 0 Å². The van der Waals surface area contributed by atoms with Crippen LogP contribution in [0.3, 0.4) is 0 Å². The van der Waals surface area contributed by atoms with Crippen molar-refractivity contribution < 1.29 is 8.78 Å². The summed E-state index contributed by atoms with van der Waals surface area (Å²) >= 11 is 5.98. The molecular formula is C15H14ClF2N. The molecule has 0 aliphatic heterocycles. The summed E-state index contributed by atoms with van der Waals surface area (Å²) in [5.41, 5.74) is 7.18. The normalized spacial score (nSPS) is 12.4. The summed E-state index contributed by atoms with van der Waals surface area (Å²) in [7, 11) is 0. The summed E-state index contributed by atoms with van der Waals surface area (Å²) in [6.07, 6.45) is 0.796. The fraction of sp³-hybridized carbons (Fsp3) is 0.200. The molecule has 1 unspecified atom stereocenters. The number of nitrogens with two attached hydrogens (primary N) is 1. The summed E-state index contributed by atoms with van der Waals surface area (Å²) < 4.78 is 26.6. The molecular weight excluding hydrogens is 268 g/mol. The van der Waals surface area contributed by atoms with Crippen molar-refractivity contribution in [2.45, 2.75) is 18.9 Å². The SMILES string of the molecule is NC(Cc1ccccc1F)Cc1cc(F)ccc1Cl. The Labute approximate surface area is 116 Å². The Balaban J connectivity index is 2.07. The quantitative estimate of drug-likeness (QED) is 0.908. The summed E-state index contributed by atoms with van der Waals surface area (Å²) in [6, 6.07) is 10.4. The van der Waals surface area contributed by atoms with Crippen LogP contribution >= 0.6 is 11.6 Å². The van der Waals surface area contributed by atoms with Gasteiger partial charge in [0.1, 0.15) is 11.6 Å². The standard InChI is InChI=1S/C15H14ClF2N/c16-14-6-5-12(17)7-11(14)9-13(19)8-10-3-1-2-4-15(10)18/h1-7,13H,8-9,19H2. The van der Waals surface area contributed by atoms with Crippen LogP contribution in [0.4, 0.5) is 8.78 Å². The average Bonchev–Trinajstić information content (AvgIpc) is 2.37. The van der Waals surface area contributed by atoms with Gasteiger partial charge in [0.15, 0.2) is 0 Å². The highest BCUT2D eigenvalue weighted by Crippen LogP contribution is 2.19. The van der Waals surface area contributed by atoms with Crippen molar-refractivity contribution in [1.29, 1.82) is 0 Å². The maximum absolute atomic E-state index is 13.5. The first-order valence-corrected chi connectivity index (χ1v) is 6.37. The number of hydrogen-bond donors (Lipinski definition) is 1. The van der Waals surface area contributed by atoms with Crippen LogP contribution in [0, 0.1) is 11.6 Å². The maximum atomic E-state index is 13.5. The highest BCUT2D eigenvalue weighted by atomic mass is 35.5. The highest BCUT2D eigenvalue weighted by Gasteiger charge is 2.11. The van der Waals surface area contributed by atoms with Crippen molar-refractivity contribution in [3.05, 3.63) is 70.2 Å². The van der Waals surface area contributed by atoms with Gasteiger partial charge in [-0.25, -0.2) is 8.78 Å². The van der Waals surface area contributed by atoms with E-state index in [0.717, 1.165) is 0 Å². The van der Waals surface area contributed by atoms with Gasteiger partial charge in [-0.1, -0.05) is 29.8 Å². The summed E-state index contributed by atoms with van der Waals surface area (Å²) in [5, 5.41) is 0.477. The molecule has 0 heterocycles. The van der Waals surface area contributed by atoms with Crippen molar-refractivity contribution >= 4 is 11.6 Å². The van der Waals surface area contributed by atoms with Gasteiger partial charge < -0.3 is 5.73 Å². The second-order valence-electron chi connectivity index (χ2n) is 4.50. The van der Waals surface area contributed by atoms with Gasteiger partial charge in [0, 0.05) is 11.1 Å². The van der Waals surface area contributed by atoms with Crippen molar-refractivity contribution in [3.63, 3.8) is 0 Å². The topological polar surface area (TPSA) is 26.0 Å². The van der Waals surface area contributed by atoms with Gasteiger partial charge in [0.2, 0.25) is 0 Å². The van der Waals surface area contributed by atoms with Crippen molar-refractivity contribution in [2.24, 2.45) is 5.73 Å². The molecule has 0 radical (unpaired) electrons. The van der Waals surface area contributed by atoms with Crippen molar-refractivity contribution in [3.8, 4) is 0 Å². The van der Waals surface area contributed by atoms with Gasteiger partial charge in [-0.15, -0.1) is 0 Å². The van der Waals surface area contributed by atoms with Crippen LogP contribution in [0.5, 0.6) is 0 Å². The Morgan fingerprint density at radius 2 is 1.68 bits per heavy atom. The van der Waals surface area contributed by atoms with Gasteiger partial charge in [-0.3, -0.25) is 0 Å². The second kappa shape index (κ2) is 6.13. The molecule has 0 aliphatic rings. The Morgan fingerprint density at radius 1 is 1.00 bits per heavy atom. The molecule has 100 valence electrons. The molecule has 1 atom stereocenters. The van der Waals surface area contributed by atoms with E-state index in [1.165, 1.54) is 24.3 Å². The van der Waals surface area contributed by atoms with Gasteiger partial charge in [0.05, 0.1) is 0 Å². The minimum Gasteiger partial charge on any atom is -0.327 e. The lowest BCUT2D eigenvalue weighted by molar-refractivity contribution is 0.581. The van der Waals surface area contributed by atoms with Crippen LogP contribution in [-0.2, 0) is 12.8 Å². The van der Waals surface area contributed by atoms with E-state index in [4.69, 9.17) is 17.3 Å². The fourth-order valence-corrected chi connectivity index (χ4v) is 2.20. The molecule has 2 rings (SSSR count). The van der Waals surface area contributed by atoms with Crippen molar-refractivity contribution in [2.75, 3.05) is 0 Å². The highest BCUT2D eigenvalue weighted by molar-refractivity contribution is 6.31. The molecule has 0 fully saturated rings. The zero-order chi connectivity index (χ0) is 13.8. The third kappa shape index (κ3) is 3.75. The molecule has 0 aliphatic carbocycles. The third-order valence-electron chi connectivity index (χ3n) is 2.93. The maximum Gasteiger partial charge on any atom is 0.126 e. The van der Waals surface area contributed by atoms with Crippen LogP contribution < -0.4 is 5.73 Å². The number of benzene rings is 2. The predicted octanol–water partition coefficient (Wildman–Crippen LogP) is 3.73. The predicted molar refractivity (Wildman–Crippen MR) is 73.2 cm³/mol. The molecule has 1 nitrogen and oxygen atoms in total. The van der Waals surface area contributed by atoms with Crippen LogP contribution in [0.1, 0.15) is 11.1 Å². The lowest BCUT2D eigenvalue weighted by atomic mass is 9.99. The van der Waals surface area contributed by atoms with Crippen LogP contribution in [0.2, 0.25) is 5.02 Å². The second-order valence-corrected chi connectivity index (χ2v) is 4.90. The number of hydrogen-bond acceptors (Lipinski definition) is 1. The van der Waals surface area contributed by atoms with E-state index in [0.29, 0.717) is 29.0 Å². The minimum absolute atomic E-state index is 0.275. The first kappa shape index (κ1) is 14.0. The van der Waals surface area contributed by atoms with Crippen LogP contribution in [-0.4, -0.2) is 6.04 Å². The Morgan fingerprint density at radius 3 is 2.42 bits per heavy atom. The molecule has 0 aromatic heterocycles.